The number of rotatable bonds is 3. The number of thiophene rings is 1. The Kier molecular flexibility index (Phi) is 4.87. The van der Waals surface area contributed by atoms with Crippen molar-refractivity contribution in [3.05, 3.63) is 68.0 Å². The maximum Gasteiger partial charge on any atom is 0.283 e. The number of hydrogen-bond acceptors (Lipinski definition) is 3. The molecule has 0 aliphatic carbocycles. The average Bonchev–Trinajstić information content (AvgIpc) is 2.88. The van der Waals surface area contributed by atoms with Crippen LogP contribution in [-0.2, 0) is 0 Å². The number of halogens is 3. The number of nitrogens with one attached hydrogen (secondary N) is 1. The van der Waals surface area contributed by atoms with E-state index in [1.54, 1.807) is 18.2 Å². The maximum atomic E-state index is 12.2. The lowest BCUT2D eigenvalue weighted by Crippen LogP contribution is -2.16. The molecule has 0 radical (unpaired) electrons. The molecule has 23 heavy (non-hydrogen) atoms. The standard InChI is InChI=1S/C16H9Cl3N2OS/c17-11-5-3-6-12(18)10(11)8-20-21-16(22)15-14(19)9-4-1-2-7-13(9)23-15/h1-8H,(H,21,22)/b20-8+. The molecule has 0 atom stereocenters. The summed E-state index contributed by atoms with van der Waals surface area (Å²) in [7, 11) is 0. The minimum Gasteiger partial charge on any atom is -0.266 e. The minimum atomic E-state index is -0.379. The third-order valence-corrected chi connectivity index (χ3v) is 5.43. The number of benzene rings is 2. The lowest BCUT2D eigenvalue weighted by molar-refractivity contribution is 0.0959. The van der Waals surface area contributed by atoms with Gasteiger partial charge in [0.2, 0.25) is 0 Å². The van der Waals surface area contributed by atoms with Gasteiger partial charge < -0.3 is 0 Å². The predicted octanol–water partition coefficient (Wildman–Crippen LogP) is 5.63. The zero-order valence-corrected chi connectivity index (χ0v) is 14.6. The summed E-state index contributed by atoms with van der Waals surface area (Å²) in [5.41, 5.74) is 2.98. The van der Waals surface area contributed by atoms with Gasteiger partial charge in [0.05, 0.1) is 21.3 Å². The van der Waals surface area contributed by atoms with Crippen LogP contribution in [0.5, 0.6) is 0 Å². The number of carbonyl (C=O) groups excluding carboxylic acids is 1. The molecule has 3 rings (SSSR count). The zero-order chi connectivity index (χ0) is 16.4. The smallest absolute Gasteiger partial charge is 0.266 e. The van der Waals surface area contributed by atoms with Crippen molar-refractivity contribution in [1.82, 2.24) is 5.43 Å². The number of nitrogens with zero attached hydrogens (tertiary/aromatic N) is 1. The molecule has 2 aromatic carbocycles. The highest BCUT2D eigenvalue weighted by atomic mass is 35.5. The Balaban J connectivity index is 1.81. The normalized spacial score (nSPS) is 11.3. The molecule has 1 aromatic heterocycles. The van der Waals surface area contributed by atoms with Crippen LogP contribution in [0.1, 0.15) is 15.2 Å². The van der Waals surface area contributed by atoms with Gasteiger partial charge in [-0.2, -0.15) is 5.10 Å². The van der Waals surface area contributed by atoms with Gasteiger partial charge in [0.15, 0.2) is 0 Å². The summed E-state index contributed by atoms with van der Waals surface area (Å²) in [4.78, 5) is 12.6. The second kappa shape index (κ2) is 6.89. The van der Waals surface area contributed by atoms with Crippen LogP contribution in [0.3, 0.4) is 0 Å². The number of hydrogen-bond donors (Lipinski definition) is 1. The van der Waals surface area contributed by atoms with E-state index < -0.39 is 0 Å². The molecule has 116 valence electrons. The molecule has 3 nitrogen and oxygen atoms in total. The third-order valence-electron chi connectivity index (χ3n) is 3.10. The Labute approximate surface area is 151 Å². The Morgan fingerprint density at radius 3 is 2.43 bits per heavy atom. The molecule has 1 N–H and O–H groups in total. The molecule has 3 aromatic rings. The summed E-state index contributed by atoms with van der Waals surface area (Å²) in [6, 6.07) is 12.7. The summed E-state index contributed by atoms with van der Waals surface area (Å²) < 4.78 is 0.945. The van der Waals surface area contributed by atoms with E-state index in [2.05, 4.69) is 10.5 Å². The minimum absolute atomic E-state index is 0.379. The second-order valence-electron chi connectivity index (χ2n) is 4.58. The van der Waals surface area contributed by atoms with Crippen molar-refractivity contribution < 1.29 is 4.79 Å². The van der Waals surface area contributed by atoms with Crippen molar-refractivity contribution in [3.63, 3.8) is 0 Å². The summed E-state index contributed by atoms with van der Waals surface area (Å²) in [5.74, 6) is -0.379. The summed E-state index contributed by atoms with van der Waals surface area (Å²) in [6.07, 6.45) is 1.41. The summed E-state index contributed by atoms with van der Waals surface area (Å²) in [6.45, 7) is 0. The molecule has 0 fully saturated rings. The van der Waals surface area contributed by atoms with E-state index >= 15 is 0 Å². The fourth-order valence-electron chi connectivity index (χ4n) is 2.00. The fourth-order valence-corrected chi connectivity index (χ4v) is 3.90. The van der Waals surface area contributed by atoms with Gasteiger partial charge >= 0.3 is 0 Å². The summed E-state index contributed by atoms with van der Waals surface area (Å²) in [5, 5.41) is 6.09. The Hall–Kier alpha value is -1.59. The molecule has 1 heterocycles. The first kappa shape index (κ1) is 16.3. The van der Waals surface area contributed by atoms with Crippen molar-refractivity contribution in [2.75, 3.05) is 0 Å². The quantitative estimate of drug-likeness (QED) is 0.462. The van der Waals surface area contributed by atoms with Gasteiger partial charge in [0.1, 0.15) is 4.88 Å². The van der Waals surface area contributed by atoms with Gasteiger partial charge in [-0.25, -0.2) is 5.43 Å². The van der Waals surface area contributed by atoms with Gasteiger partial charge in [-0.3, -0.25) is 4.79 Å². The highest BCUT2D eigenvalue weighted by Crippen LogP contribution is 2.34. The van der Waals surface area contributed by atoms with Crippen molar-refractivity contribution in [1.29, 1.82) is 0 Å². The van der Waals surface area contributed by atoms with E-state index in [1.165, 1.54) is 17.6 Å². The van der Waals surface area contributed by atoms with Gasteiger partial charge in [-0.1, -0.05) is 59.1 Å². The van der Waals surface area contributed by atoms with E-state index in [0.717, 1.165) is 10.1 Å². The van der Waals surface area contributed by atoms with Crippen molar-refractivity contribution in [2.24, 2.45) is 5.10 Å². The van der Waals surface area contributed by atoms with Crippen LogP contribution in [0, 0.1) is 0 Å². The maximum absolute atomic E-state index is 12.2. The highest BCUT2D eigenvalue weighted by Gasteiger charge is 2.16. The first-order chi connectivity index (χ1) is 11.1. The molecular formula is C16H9Cl3N2OS. The molecule has 7 heteroatoms. The molecule has 0 spiro atoms. The molecule has 0 saturated heterocycles. The Morgan fingerprint density at radius 1 is 1.04 bits per heavy atom. The van der Waals surface area contributed by atoms with E-state index in [-0.39, 0.29) is 5.91 Å². The van der Waals surface area contributed by atoms with Gasteiger partial charge in [0.25, 0.3) is 5.91 Å². The molecule has 0 aliphatic heterocycles. The van der Waals surface area contributed by atoms with Crippen LogP contribution in [0.25, 0.3) is 10.1 Å². The van der Waals surface area contributed by atoms with Crippen LogP contribution >= 0.6 is 46.1 Å². The van der Waals surface area contributed by atoms with E-state index in [0.29, 0.717) is 25.5 Å². The molecule has 0 aliphatic rings. The number of amides is 1. The van der Waals surface area contributed by atoms with Crippen molar-refractivity contribution in [3.8, 4) is 0 Å². The largest absolute Gasteiger partial charge is 0.283 e. The highest BCUT2D eigenvalue weighted by molar-refractivity contribution is 7.21. The van der Waals surface area contributed by atoms with Crippen LogP contribution in [0.15, 0.2) is 47.6 Å². The van der Waals surface area contributed by atoms with E-state index in [9.17, 15) is 4.79 Å². The topological polar surface area (TPSA) is 41.5 Å². The lowest BCUT2D eigenvalue weighted by Gasteiger charge is -2.01. The van der Waals surface area contributed by atoms with Crippen LogP contribution < -0.4 is 5.43 Å². The zero-order valence-electron chi connectivity index (χ0n) is 11.5. The number of carbonyl (C=O) groups is 1. The van der Waals surface area contributed by atoms with Gasteiger partial charge in [0, 0.05) is 15.6 Å². The first-order valence-corrected chi connectivity index (χ1v) is 8.47. The van der Waals surface area contributed by atoms with Crippen LogP contribution in [0.2, 0.25) is 15.1 Å². The van der Waals surface area contributed by atoms with Crippen molar-refractivity contribution >= 4 is 68.3 Å². The van der Waals surface area contributed by atoms with E-state index in [4.69, 9.17) is 34.8 Å². The van der Waals surface area contributed by atoms with Crippen LogP contribution in [-0.4, -0.2) is 12.1 Å². The molecule has 0 unspecified atom stereocenters. The summed E-state index contributed by atoms with van der Waals surface area (Å²) >= 11 is 19.6. The van der Waals surface area contributed by atoms with Crippen LogP contribution in [0.4, 0.5) is 0 Å². The SMILES string of the molecule is O=C(N/N=C/c1c(Cl)cccc1Cl)c1sc2ccccc2c1Cl. The number of fused-ring (bicyclic) bond motifs is 1. The molecule has 1 amide bonds. The van der Waals surface area contributed by atoms with Crippen molar-refractivity contribution in [2.45, 2.75) is 0 Å². The Bertz CT molecular complexity index is 901. The lowest BCUT2D eigenvalue weighted by atomic mass is 10.2. The number of hydrazone groups is 1. The molecular weight excluding hydrogens is 375 g/mol. The average molecular weight is 384 g/mol. The van der Waals surface area contributed by atoms with E-state index in [1.807, 2.05) is 24.3 Å². The first-order valence-electron chi connectivity index (χ1n) is 6.52. The molecule has 0 saturated carbocycles. The van der Waals surface area contributed by atoms with Gasteiger partial charge in [-0.05, 0) is 18.2 Å². The Morgan fingerprint density at radius 2 is 1.74 bits per heavy atom. The second-order valence-corrected chi connectivity index (χ2v) is 6.82. The predicted molar refractivity (Wildman–Crippen MR) is 98.4 cm³/mol. The third kappa shape index (κ3) is 3.35. The fraction of sp³-hybridized carbons (Fsp3) is 0. The molecule has 0 bridgehead atoms. The van der Waals surface area contributed by atoms with Gasteiger partial charge in [-0.15, -0.1) is 11.3 Å². The monoisotopic (exact) mass is 382 g/mol.